The van der Waals surface area contributed by atoms with Crippen molar-refractivity contribution in [2.75, 3.05) is 18.2 Å². The van der Waals surface area contributed by atoms with Gasteiger partial charge in [-0.15, -0.1) is 11.3 Å². The Labute approximate surface area is 215 Å². The van der Waals surface area contributed by atoms with Gasteiger partial charge in [0.05, 0.1) is 17.7 Å². The molecule has 2 saturated carbocycles. The predicted octanol–water partition coefficient (Wildman–Crippen LogP) is 7.31. The van der Waals surface area contributed by atoms with Gasteiger partial charge in [-0.1, -0.05) is 20.8 Å². The number of alkyl halides is 3. The molecule has 0 bridgehead atoms. The molecule has 0 aromatic carbocycles. The molecule has 3 rings (SSSR count). The van der Waals surface area contributed by atoms with E-state index < -0.39 is 31.4 Å². The third-order valence-corrected chi connectivity index (χ3v) is 9.44. The second-order valence-electron chi connectivity index (χ2n) is 11.5. The van der Waals surface area contributed by atoms with Crippen molar-refractivity contribution in [3.05, 3.63) is 15.8 Å². The van der Waals surface area contributed by atoms with E-state index in [1.807, 2.05) is 20.8 Å². The number of rotatable bonds is 6. The van der Waals surface area contributed by atoms with E-state index in [1.54, 1.807) is 24.3 Å². The minimum atomic E-state index is -4.27. The Morgan fingerprint density at radius 3 is 2.03 bits per heavy atom. The van der Waals surface area contributed by atoms with Gasteiger partial charge in [0.15, 0.2) is 7.37 Å². The van der Waals surface area contributed by atoms with E-state index in [1.165, 1.54) is 0 Å². The monoisotopic (exact) mass is 551 g/mol. The molecule has 204 valence electrons. The molecule has 0 atom stereocenters. The third kappa shape index (κ3) is 7.13. The molecule has 11 heteroatoms. The number of hydrogen-bond donors (Lipinski definition) is 1. The molecular weight excluding hydrogens is 514 g/mol. The Hall–Kier alpha value is -1.38. The molecule has 0 unspecified atom stereocenters. The van der Waals surface area contributed by atoms with E-state index in [2.05, 4.69) is 0 Å². The molecule has 1 N–H and O–H groups in total. The summed E-state index contributed by atoms with van der Waals surface area (Å²) in [4.78, 5) is 28.6. The maximum Gasteiger partial charge on any atom is 0.391 e. The second kappa shape index (κ2) is 10.8. The Morgan fingerprint density at radius 1 is 1.03 bits per heavy atom. The average Bonchev–Trinajstić information content (AvgIpc) is 3.19. The van der Waals surface area contributed by atoms with E-state index >= 15 is 0 Å². The predicted molar refractivity (Wildman–Crippen MR) is 136 cm³/mol. The molecule has 6 nitrogen and oxygen atoms in total. The summed E-state index contributed by atoms with van der Waals surface area (Å²) in [5.41, 5.74) is 0.00279. The lowest BCUT2D eigenvalue weighted by atomic mass is 9.80. The van der Waals surface area contributed by atoms with Gasteiger partial charge in [-0.2, -0.15) is 13.2 Å². The van der Waals surface area contributed by atoms with Gasteiger partial charge in [0.2, 0.25) is 5.91 Å². The van der Waals surface area contributed by atoms with Crippen molar-refractivity contribution in [1.82, 2.24) is 0 Å². The van der Waals surface area contributed by atoms with Crippen LogP contribution in [-0.2, 0) is 19.3 Å². The van der Waals surface area contributed by atoms with Gasteiger partial charge in [0.1, 0.15) is 4.88 Å². The highest BCUT2D eigenvalue weighted by molar-refractivity contribution is 7.57. The summed E-state index contributed by atoms with van der Waals surface area (Å²) in [5.74, 6) is -3.40. The first-order valence-electron chi connectivity index (χ1n) is 12.5. The van der Waals surface area contributed by atoms with Crippen LogP contribution >= 0.6 is 18.7 Å². The van der Waals surface area contributed by atoms with Crippen molar-refractivity contribution >= 4 is 36.3 Å². The molecule has 2 aliphatic rings. The highest BCUT2D eigenvalue weighted by Crippen LogP contribution is 2.46. The van der Waals surface area contributed by atoms with Crippen LogP contribution in [0.15, 0.2) is 6.07 Å². The summed E-state index contributed by atoms with van der Waals surface area (Å²) < 4.78 is 57.4. The Bertz CT molecular complexity index is 996. The van der Waals surface area contributed by atoms with Crippen molar-refractivity contribution < 1.29 is 37.0 Å². The molecule has 36 heavy (non-hydrogen) atoms. The summed E-state index contributed by atoms with van der Waals surface area (Å²) >= 11 is 1.14. The van der Waals surface area contributed by atoms with Gasteiger partial charge in [-0.3, -0.25) is 9.36 Å². The SMILES string of the molecule is CC(C)(C)c1cc(N(C(=O)C2CCC(C(F)(F)F)CC2)C2CCC(OP(C)(C)=O)CC2)c(C(=O)O)s1. The molecule has 0 saturated heterocycles. The fraction of sp³-hybridized carbons (Fsp3) is 0.760. The zero-order valence-corrected chi connectivity index (χ0v) is 23.3. The fourth-order valence-electron chi connectivity index (χ4n) is 5.21. The van der Waals surface area contributed by atoms with Crippen LogP contribution in [0, 0.1) is 11.8 Å². The summed E-state index contributed by atoms with van der Waals surface area (Å²) in [6.45, 7) is 9.02. The number of thiophene rings is 1. The number of amides is 1. The van der Waals surface area contributed by atoms with Crippen LogP contribution in [0.4, 0.5) is 18.9 Å². The average molecular weight is 552 g/mol. The minimum absolute atomic E-state index is 0.0715. The number of aromatic carboxylic acids is 1. The number of carboxylic acids is 1. The zero-order valence-electron chi connectivity index (χ0n) is 21.6. The quantitative estimate of drug-likeness (QED) is 0.375. The number of nitrogens with zero attached hydrogens (tertiary/aromatic N) is 1. The van der Waals surface area contributed by atoms with Crippen molar-refractivity contribution in [2.24, 2.45) is 11.8 Å². The lowest BCUT2D eigenvalue weighted by Gasteiger charge is -2.40. The van der Waals surface area contributed by atoms with Gasteiger partial charge in [0.25, 0.3) is 0 Å². The lowest BCUT2D eigenvalue weighted by Crippen LogP contribution is -2.47. The summed E-state index contributed by atoms with van der Waals surface area (Å²) in [6, 6.07) is 1.47. The number of halogens is 3. The standard InChI is InChI=1S/C25H37F3NO5PS/c1-24(2,3)20-14-19(21(36-20)23(31)32)29(17-10-12-18(13-11-17)34-35(4,5)33)22(30)15-6-8-16(9-7-15)25(26,27)28/h14-18H,6-13H2,1-5H3,(H,31,32). The minimum Gasteiger partial charge on any atom is -0.477 e. The van der Waals surface area contributed by atoms with Gasteiger partial charge in [-0.05, 0) is 62.8 Å². The van der Waals surface area contributed by atoms with Crippen molar-refractivity contribution in [1.29, 1.82) is 0 Å². The van der Waals surface area contributed by atoms with E-state index in [0.29, 0.717) is 31.4 Å². The molecule has 2 fully saturated rings. The van der Waals surface area contributed by atoms with Crippen molar-refractivity contribution in [3.63, 3.8) is 0 Å². The maximum atomic E-state index is 13.9. The van der Waals surface area contributed by atoms with Gasteiger partial charge < -0.3 is 14.5 Å². The fourth-order valence-corrected chi connectivity index (χ4v) is 7.19. The Balaban J connectivity index is 1.92. The molecule has 1 aromatic heterocycles. The largest absolute Gasteiger partial charge is 0.477 e. The van der Waals surface area contributed by atoms with Crippen molar-refractivity contribution in [3.8, 4) is 0 Å². The van der Waals surface area contributed by atoms with Crippen LogP contribution in [0.5, 0.6) is 0 Å². The second-order valence-corrected chi connectivity index (χ2v) is 15.2. The van der Waals surface area contributed by atoms with E-state index in [0.717, 1.165) is 16.2 Å². The van der Waals surface area contributed by atoms with Crippen LogP contribution in [0.1, 0.15) is 86.7 Å². The van der Waals surface area contributed by atoms with Crippen LogP contribution in [0.3, 0.4) is 0 Å². The van der Waals surface area contributed by atoms with E-state index in [-0.39, 0.29) is 54.0 Å². The first-order valence-corrected chi connectivity index (χ1v) is 15.8. The number of carboxylic acid groups (broad SMARTS) is 1. The molecule has 0 radical (unpaired) electrons. The highest BCUT2D eigenvalue weighted by atomic mass is 32.1. The van der Waals surface area contributed by atoms with E-state index in [4.69, 9.17) is 4.52 Å². The zero-order chi connectivity index (χ0) is 27.1. The van der Waals surface area contributed by atoms with Crippen LogP contribution in [-0.4, -0.2) is 48.6 Å². The van der Waals surface area contributed by atoms with Gasteiger partial charge >= 0.3 is 12.1 Å². The molecule has 1 heterocycles. The molecule has 0 aliphatic heterocycles. The van der Waals surface area contributed by atoms with Gasteiger partial charge in [0, 0.05) is 30.2 Å². The third-order valence-electron chi connectivity index (χ3n) is 7.09. The lowest BCUT2D eigenvalue weighted by molar-refractivity contribution is -0.184. The summed E-state index contributed by atoms with van der Waals surface area (Å²) in [5, 5.41) is 9.97. The Morgan fingerprint density at radius 2 is 1.58 bits per heavy atom. The number of anilines is 1. The number of hydrogen-bond acceptors (Lipinski definition) is 5. The van der Waals surface area contributed by atoms with Crippen molar-refractivity contribution in [2.45, 2.75) is 95.9 Å². The Kier molecular flexibility index (Phi) is 8.73. The van der Waals surface area contributed by atoms with Crippen LogP contribution < -0.4 is 4.90 Å². The number of carbonyl (C=O) groups excluding carboxylic acids is 1. The first-order chi connectivity index (χ1) is 16.5. The molecule has 1 aromatic rings. The summed E-state index contributed by atoms with van der Waals surface area (Å²) in [6.07, 6.45) is -2.19. The topological polar surface area (TPSA) is 83.9 Å². The highest BCUT2D eigenvalue weighted by Gasteiger charge is 2.44. The van der Waals surface area contributed by atoms with Crippen LogP contribution in [0.25, 0.3) is 0 Å². The molecule has 2 aliphatic carbocycles. The van der Waals surface area contributed by atoms with Crippen LogP contribution in [0.2, 0.25) is 0 Å². The molecular formula is C25H37F3NO5PS. The molecule has 0 spiro atoms. The normalized spacial score (nSPS) is 26.0. The first kappa shape index (κ1) is 29.2. The number of carbonyl (C=O) groups is 2. The van der Waals surface area contributed by atoms with E-state index in [9.17, 15) is 32.4 Å². The smallest absolute Gasteiger partial charge is 0.391 e. The summed E-state index contributed by atoms with van der Waals surface area (Å²) in [7, 11) is -2.68. The van der Waals surface area contributed by atoms with Gasteiger partial charge in [-0.25, -0.2) is 4.79 Å². The maximum absolute atomic E-state index is 13.9. The molecule has 1 amide bonds.